The number of aromatic nitrogens is 4. The van der Waals surface area contributed by atoms with E-state index in [0.717, 1.165) is 54.5 Å². The van der Waals surface area contributed by atoms with Crippen LogP contribution in [0.2, 0.25) is 0 Å². The summed E-state index contributed by atoms with van der Waals surface area (Å²) in [5, 5.41) is 7.78. The molecule has 0 radical (unpaired) electrons. The van der Waals surface area contributed by atoms with Crippen molar-refractivity contribution in [3.05, 3.63) is 47.4 Å². The van der Waals surface area contributed by atoms with Crippen LogP contribution in [0.4, 0.5) is 5.82 Å². The maximum atomic E-state index is 10.6. The van der Waals surface area contributed by atoms with Gasteiger partial charge in [-0.2, -0.15) is 5.10 Å². The number of ether oxygens (including phenoxy) is 2. The second-order valence-corrected chi connectivity index (χ2v) is 9.31. The minimum atomic E-state index is -0.0310. The van der Waals surface area contributed by atoms with Crippen molar-refractivity contribution in [1.29, 1.82) is 0 Å². The van der Waals surface area contributed by atoms with Gasteiger partial charge in [-0.15, -0.1) is 0 Å². The SMILES string of the molecule is CNC(COCC=O)c1c(C)cc(-c2cnc(N)c(Oc3cnn(C4CCN(C)CC4)c3)n2)cc1C. The number of hydrogen-bond acceptors (Lipinski definition) is 9. The van der Waals surface area contributed by atoms with Crippen LogP contribution in [0, 0.1) is 13.8 Å². The highest BCUT2D eigenvalue weighted by Crippen LogP contribution is 2.32. The number of nitrogen functional groups attached to an aromatic ring is 1. The van der Waals surface area contributed by atoms with E-state index in [1.807, 2.05) is 17.9 Å². The van der Waals surface area contributed by atoms with Crippen LogP contribution >= 0.6 is 0 Å². The monoisotopic (exact) mass is 493 g/mol. The summed E-state index contributed by atoms with van der Waals surface area (Å²) in [6, 6.07) is 4.46. The van der Waals surface area contributed by atoms with E-state index in [0.29, 0.717) is 24.1 Å². The van der Waals surface area contributed by atoms with Crippen LogP contribution in [0.15, 0.2) is 30.7 Å². The lowest BCUT2D eigenvalue weighted by atomic mass is 9.93. The van der Waals surface area contributed by atoms with Crippen molar-refractivity contribution in [1.82, 2.24) is 30.0 Å². The molecule has 192 valence electrons. The number of likely N-dealkylation sites (tertiary alicyclic amines) is 1. The zero-order valence-electron chi connectivity index (χ0n) is 21.4. The van der Waals surface area contributed by atoms with Crippen molar-refractivity contribution < 1.29 is 14.3 Å². The third-order valence-corrected chi connectivity index (χ3v) is 6.68. The molecule has 4 rings (SSSR count). The van der Waals surface area contributed by atoms with Gasteiger partial charge >= 0.3 is 0 Å². The number of aldehydes is 1. The molecule has 10 nitrogen and oxygen atoms in total. The van der Waals surface area contributed by atoms with Gasteiger partial charge in [0.25, 0.3) is 5.88 Å². The highest BCUT2D eigenvalue weighted by molar-refractivity contribution is 5.64. The first kappa shape index (κ1) is 25.7. The van der Waals surface area contributed by atoms with Crippen LogP contribution in [-0.2, 0) is 9.53 Å². The highest BCUT2D eigenvalue weighted by atomic mass is 16.5. The van der Waals surface area contributed by atoms with Crippen molar-refractivity contribution in [2.24, 2.45) is 0 Å². The van der Waals surface area contributed by atoms with Gasteiger partial charge in [0.15, 0.2) is 11.6 Å². The van der Waals surface area contributed by atoms with E-state index < -0.39 is 0 Å². The molecular formula is C26H35N7O3. The Kier molecular flexibility index (Phi) is 8.29. The molecule has 0 bridgehead atoms. The van der Waals surface area contributed by atoms with Gasteiger partial charge in [-0.25, -0.2) is 9.97 Å². The Morgan fingerprint density at radius 2 is 1.94 bits per heavy atom. The van der Waals surface area contributed by atoms with Gasteiger partial charge in [0.05, 0.1) is 43.0 Å². The van der Waals surface area contributed by atoms with Crippen molar-refractivity contribution >= 4 is 12.1 Å². The second kappa shape index (κ2) is 11.6. The van der Waals surface area contributed by atoms with Crippen molar-refractivity contribution in [3.63, 3.8) is 0 Å². The summed E-state index contributed by atoms with van der Waals surface area (Å²) in [6.07, 6.45) is 8.12. The van der Waals surface area contributed by atoms with Gasteiger partial charge in [0.1, 0.15) is 12.9 Å². The summed E-state index contributed by atoms with van der Waals surface area (Å²) < 4.78 is 13.4. The van der Waals surface area contributed by atoms with E-state index in [4.69, 9.17) is 15.2 Å². The van der Waals surface area contributed by atoms with Crippen LogP contribution in [0.25, 0.3) is 11.3 Å². The van der Waals surface area contributed by atoms with Gasteiger partial charge in [-0.3, -0.25) is 4.68 Å². The average molecular weight is 494 g/mol. The van der Waals surface area contributed by atoms with Crippen LogP contribution < -0.4 is 15.8 Å². The number of carbonyl (C=O) groups excluding carboxylic acids is 1. The van der Waals surface area contributed by atoms with E-state index in [-0.39, 0.29) is 24.3 Å². The summed E-state index contributed by atoms with van der Waals surface area (Å²) in [6.45, 7) is 6.69. The van der Waals surface area contributed by atoms with Crippen molar-refractivity contribution in [2.75, 3.05) is 46.1 Å². The Bertz CT molecular complexity index is 1170. The molecule has 0 saturated carbocycles. The summed E-state index contributed by atoms with van der Waals surface area (Å²) in [4.78, 5) is 21.9. The standard InChI is InChI=1S/C26H35N7O3/c1-17-11-19(12-18(2)24(17)23(28-3)16-35-10-9-34)22-14-29-25(27)26(31-22)36-21-13-30-33(15-21)20-5-7-32(4)8-6-20/h9,11-15,20,23,28H,5-8,10,16H2,1-4H3,(H2,27,29). The fraction of sp³-hybridized carbons (Fsp3) is 0.462. The van der Waals surface area contributed by atoms with Crippen LogP contribution in [0.1, 0.15) is 41.6 Å². The number of rotatable bonds is 10. The number of anilines is 1. The molecule has 1 fully saturated rings. The molecule has 0 aliphatic carbocycles. The number of benzene rings is 1. The fourth-order valence-electron chi connectivity index (χ4n) is 4.76. The van der Waals surface area contributed by atoms with Gasteiger partial charge < -0.3 is 30.2 Å². The highest BCUT2D eigenvalue weighted by Gasteiger charge is 2.20. The molecule has 0 spiro atoms. The number of aryl methyl sites for hydroxylation is 2. The van der Waals surface area contributed by atoms with Gasteiger partial charge in [0.2, 0.25) is 0 Å². The Morgan fingerprint density at radius 1 is 1.22 bits per heavy atom. The summed E-state index contributed by atoms with van der Waals surface area (Å²) in [7, 11) is 4.02. The number of hydrogen-bond donors (Lipinski definition) is 2. The number of likely N-dealkylation sites (N-methyl/N-ethyl adjacent to an activating group) is 1. The van der Waals surface area contributed by atoms with E-state index in [1.54, 1.807) is 12.4 Å². The summed E-state index contributed by atoms with van der Waals surface area (Å²) in [5.41, 5.74) is 11.0. The first-order chi connectivity index (χ1) is 17.4. The average Bonchev–Trinajstić information content (AvgIpc) is 3.33. The molecule has 1 saturated heterocycles. The molecule has 3 heterocycles. The quantitative estimate of drug-likeness (QED) is 0.324. The normalized spacial score (nSPS) is 15.7. The second-order valence-electron chi connectivity index (χ2n) is 9.31. The fourth-order valence-corrected chi connectivity index (χ4v) is 4.76. The molecule has 2 aromatic heterocycles. The molecule has 1 aliphatic rings. The Balaban J connectivity index is 1.53. The van der Waals surface area contributed by atoms with E-state index in [9.17, 15) is 4.79 Å². The predicted octanol–water partition coefficient (Wildman–Crippen LogP) is 3.07. The summed E-state index contributed by atoms with van der Waals surface area (Å²) in [5.74, 6) is 1.06. The molecule has 0 amide bonds. The first-order valence-electron chi connectivity index (χ1n) is 12.2. The zero-order valence-corrected chi connectivity index (χ0v) is 21.4. The van der Waals surface area contributed by atoms with Crippen molar-refractivity contribution in [2.45, 2.75) is 38.8 Å². The summed E-state index contributed by atoms with van der Waals surface area (Å²) >= 11 is 0. The largest absolute Gasteiger partial charge is 0.433 e. The maximum absolute atomic E-state index is 10.6. The van der Waals surface area contributed by atoms with Gasteiger partial charge in [-0.1, -0.05) is 0 Å². The van der Waals surface area contributed by atoms with E-state index in [2.05, 4.69) is 58.3 Å². The molecule has 3 N–H and O–H groups in total. The lowest BCUT2D eigenvalue weighted by Crippen LogP contribution is -2.31. The number of nitrogens with two attached hydrogens (primary N) is 1. The lowest BCUT2D eigenvalue weighted by molar-refractivity contribution is -0.112. The smallest absolute Gasteiger partial charge is 0.263 e. The molecule has 1 unspecified atom stereocenters. The number of nitrogens with one attached hydrogen (secondary N) is 1. The van der Waals surface area contributed by atoms with Gasteiger partial charge in [0, 0.05) is 5.56 Å². The first-order valence-corrected chi connectivity index (χ1v) is 12.2. The molecular weight excluding hydrogens is 458 g/mol. The number of nitrogens with zero attached hydrogens (tertiary/aromatic N) is 5. The van der Waals surface area contributed by atoms with E-state index in [1.165, 1.54) is 0 Å². The van der Waals surface area contributed by atoms with Crippen LogP contribution in [0.5, 0.6) is 11.6 Å². The molecule has 1 aromatic carbocycles. The van der Waals surface area contributed by atoms with Gasteiger partial charge in [-0.05, 0) is 82.7 Å². The topological polar surface area (TPSA) is 120 Å². The zero-order chi connectivity index (χ0) is 25.7. The van der Waals surface area contributed by atoms with Crippen LogP contribution in [0.3, 0.4) is 0 Å². The van der Waals surface area contributed by atoms with Crippen molar-refractivity contribution in [3.8, 4) is 22.9 Å². The van der Waals surface area contributed by atoms with Crippen LogP contribution in [-0.4, -0.2) is 71.3 Å². The molecule has 36 heavy (non-hydrogen) atoms. The minimum Gasteiger partial charge on any atom is -0.433 e. The maximum Gasteiger partial charge on any atom is 0.263 e. The molecule has 1 atom stereocenters. The Morgan fingerprint density at radius 3 is 2.61 bits per heavy atom. The Hall–Kier alpha value is -3.34. The molecule has 1 aliphatic heterocycles. The lowest BCUT2D eigenvalue weighted by Gasteiger charge is -2.28. The number of carbonyl (C=O) groups is 1. The molecule has 3 aromatic rings. The molecule has 10 heteroatoms. The van der Waals surface area contributed by atoms with E-state index >= 15 is 0 Å². The minimum absolute atomic E-state index is 0.0310. The Labute approximate surface area is 211 Å². The third kappa shape index (κ3) is 5.89. The number of piperidine rings is 1. The predicted molar refractivity (Wildman–Crippen MR) is 138 cm³/mol. The third-order valence-electron chi connectivity index (χ3n) is 6.68.